The van der Waals surface area contributed by atoms with E-state index in [9.17, 15) is 24.6 Å². The fraction of sp³-hybridized carbons (Fsp3) is 0.717. The Morgan fingerprint density at radius 1 is 0.889 bits per heavy atom. The maximum Gasteiger partial charge on any atom is 0.336 e. The quantitative estimate of drug-likeness (QED) is 0.138. The minimum atomic E-state index is -0.763. The SMILES string of the molecule is CCCc1ccc(C(CCC(C(=O)OCOC(=O)C(C)(C)C)=C2[C@@H](OC(C)=O)C[C@@]3(C)[C@@H]2C[C@@H](O)[C@@H]2[C@@]4(C)CC[C@@H](O)[C@@H](C)C4CC[C@@]23C)=C(C)C)cc1. The molecule has 8 nitrogen and oxygen atoms in total. The molecule has 0 aromatic heterocycles. The molecule has 0 spiro atoms. The summed E-state index contributed by atoms with van der Waals surface area (Å²) in [5, 5.41) is 23.3. The molecule has 10 atom stereocenters. The van der Waals surface area contributed by atoms with Gasteiger partial charge < -0.3 is 24.4 Å². The van der Waals surface area contributed by atoms with Crippen LogP contribution in [-0.2, 0) is 35.0 Å². The Kier molecular flexibility index (Phi) is 12.4. The second-order valence-electron chi connectivity index (χ2n) is 19.2. The number of carbonyl (C=O) groups is 3. The normalized spacial score (nSPS) is 35.5. The minimum absolute atomic E-state index is 0.0163. The molecular weight excluding hydrogens is 680 g/mol. The Labute approximate surface area is 324 Å². The van der Waals surface area contributed by atoms with Gasteiger partial charge in [0.15, 0.2) is 0 Å². The van der Waals surface area contributed by atoms with Gasteiger partial charge in [-0.25, -0.2) is 4.79 Å². The highest BCUT2D eigenvalue weighted by Gasteiger charge is 2.71. The summed E-state index contributed by atoms with van der Waals surface area (Å²) in [6.45, 7) is 21.6. The second-order valence-corrected chi connectivity index (χ2v) is 19.2. The lowest BCUT2D eigenvalue weighted by molar-refractivity contribution is -0.234. The van der Waals surface area contributed by atoms with Crippen LogP contribution in [0.15, 0.2) is 41.0 Å². The molecule has 0 amide bonds. The van der Waals surface area contributed by atoms with Gasteiger partial charge in [0.2, 0.25) is 6.79 Å². The van der Waals surface area contributed by atoms with Gasteiger partial charge in [-0.2, -0.15) is 0 Å². The van der Waals surface area contributed by atoms with E-state index in [2.05, 4.69) is 72.7 Å². The first-order valence-corrected chi connectivity index (χ1v) is 20.6. The Balaban J connectivity index is 1.59. The van der Waals surface area contributed by atoms with E-state index in [1.807, 2.05) is 0 Å². The van der Waals surface area contributed by atoms with Crippen LogP contribution in [0, 0.1) is 45.3 Å². The molecule has 0 saturated heterocycles. The fourth-order valence-electron chi connectivity index (χ4n) is 11.8. The van der Waals surface area contributed by atoms with Crippen molar-refractivity contribution in [3.8, 4) is 0 Å². The first-order valence-electron chi connectivity index (χ1n) is 20.6. The van der Waals surface area contributed by atoms with Gasteiger partial charge in [0.1, 0.15) is 6.10 Å². The van der Waals surface area contributed by atoms with Crippen LogP contribution in [0.2, 0.25) is 0 Å². The van der Waals surface area contributed by atoms with E-state index >= 15 is 0 Å². The van der Waals surface area contributed by atoms with Crippen LogP contribution >= 0.6 is 0 Å². The van der Waals surface area contributed by atoms with Crippen molar-refractivity contribution in [3.63, 3.8) is 0 Å². The molecule has 4 aliphatic rings. The van der Waals surface area contributed by atoms with Gasteiger partial charge in [-0.3, -0.25) is 9.59 Å². The van der Waals surface area contributed by atoms with Gasteiger partial charge in [0.25, 0.3) is 0 Å². The van der Waals surface area contributed by atoms with Crippen molar-refractivity contribution in [2.45, 2.75) is 159 Å². The average molecular weight is 749 g/mol. The number of allylic oxidation sites excluding steroid dienone is 2. The van der Waals surface area contributed by atoms with Gasteiger partial charge >= 0.3 is 17.9 Å². The molecule has 0 aliphatic heterocycles. The number of fused-ring (bicyclic) bond motifs is 5. The van der Waals surface area contributed by atoms with Crippen molar-refractivity contribution < 1.29 is 38.8 Å². The first-order chi connectivity index (χ1) is 25.2. The molecule has 2 N–H and O–H groups in total. The van der Waals surface area contributed by atoms with Gasteiger partial charge in [0, 0.05) is 12.5 Å². The van der Waals surface area contributed by atoms with E-state index < -0.39 is 47.7 Å². The Hall–Kier alpha value is -2.97. The Morgan fingerprint density at radius 2 is 1.56 bits per heavy atom. The van der Waals surface area contributed by atoms with E-state index in [0.717, 1.165) is 60.8 Å². The van der Waals surface area contributed by atoms with Crippen LogP contribution in [-0.4, -0.2) is 53.2 Å². The van der Waals surface area contributed by atoms with Crippen molar-refractivity contribution >= 4 is 23.5 Å². The third kappa shape index (κ3) is 7.72. The maximum absolute atomic E-state index is 14.4. The lowest BCUT2D eigenvalue weighted by atomic mass is 9.36. The number of aliphatic hydroxyl groups excluding tert-OH is 2. The van der Waals surface area contributed by atoms with Crippen LogP contribution in [0.3, 0.4) is 0 Å². The molecule has 8 heteroatoms. The van der Waals surface area contributed by atoms with Crippen LogP contribution < -0.4 is 0 Å². The molecule has 4 saturated carbocycles. The lowest BCUT2D eigenvalue weighted by Crippen LogP contribution is -2.65. The average Bonchev–Trinajstić information content (AvgIpc) is 3.35. The summed E-state index contributed by atoms with van der Waals surface area (Å²) in [4.78, 5) is 39.9. The Morgan fingerprint density at radius 3 is 2.15 bits per heavy atom. The number of hydrogen-bond donors (Lipinski definition) is 2. The predicted molar refractivity (Wildman–Crippen MR) is 211 cm³/mol. The molecule has 300 valence electrons. The summed E-state index contributed by atoms with van der Waals surface area (Å²) in [6, 6.07) is 8.64. The van der Waals surface area contributed by atoms with Gasteiger partial charge in [-0.1, -0.05) is 70.9 Å². The number of aryl methyl sites for hydroxylation is 1. The summed E-state index contributed by atoms with van der Waals surface area (Å²) in [6.07, 6.45) is 5.68. The minimum Gasteiger partial charge on any atom is -0.458 e. The molecule has 0 radical (unpaired) electrons. The summed E-state index contributed by atoms with van der Waals surface area (Å²) in [5.74, 6) is -1.29. The molecule has 0 heterocycles. The molecule has 4 fully saturated rings. The smallest absolute Gasteiger partial charge is 0.336 e. The molecule has 1 aromatic carbocycles. The molecule has 5 rings (SSSR count). The molecule has 4 aliphatic carbocycles. The first kappa shape index (κ1) is 42.2. The summed E-state index contributed by atoms with van der Waals surface area (Å²) >= 11 is 0. The monoisotopic (exact) mass is 748 g/mol. The van der Waals surface area contributed by atoms with Crippen molar-refractivity contribution in [1.82, 2.24) is 0 Å². The topological polar surface area (TPSA) is 119 Å². The summed E-state index contributed by atoms with van der Waals surface area (Å²) in [7, 11) is 0. The number of carbonyl (C=O) groups excluding carboxylic acids is 3. The molecule has 1 unspecified atom stereocenters. The Bertz CT molecular complexity index is 1630. The highest BCUT2D eigenvalue weighted by atomic mass is 16.7. The zero-order chi connectivity index (χ0) is 40.0. The van der Waals surface area contributed by atoms with Crippen LogP contribution in [0.4, 0.5) is 0 Å². The summed E-state index contributed by atoms with van der Waals surface area (Å²) < 4.78 is 17.4. The molecule has 1 aromatic rings. The van der Waals surface area contributed by atoms with Gasteiger partial charge in [-0.05, 0) is 155 Å². The van der Waals surface area contributed by atoms with Crippen molar-refractivity contribution in [2.75, 3.05) is 6.79 Å². The van der Waals surface area contributed by atoms with Crippen molar-refractivity contribution in [1.29, 1.82) is 0 Å². The molecular formula is C46H68O8. The summed E-state index contributed by atoms with van der Waals surface area (Å²) in [5.41, 5.74) is 4.17. The van der Waals surface area contributed by atoms with E-state index in [4.69, 9.17) is 14.2 Å². The van der Waals surface area contributed by atoms with Crippen LogP contribution in [0.5, 0.6) is 0 Å². The number of aliphatic hydroxyl groups is 2. The third-order valence-electron chi connectivity index (χ3n) is 14.7. The van der Waals surface area contributed by atoms with Crippen LogP contribution in [0.25, 0.3) is 5.57 Å². The largest absolute Gasteiger partial charge is 0.458 e. The number of rotatable bonds is 10. The molecule has 0 bridgehead atoms. The zero-order valence-electron chi connectivity index (χ0n) is 35.0. The van der Waals surface area contributed by atoms with Crippen molar-refractivity contribution in [2.24, 2.45) is 45.3 Å². The maximum atomic E-state index is 14.4. The van der Waals surface area contributed by atoms with E-state index in [-0.39, 0.29) is 34.7 Å². The number of hydrogen-bond acceptors (Lipinski definition) is 8. The lowest BCUT2D eigenvalue weighted by Gasteiger charge is -2.69. The highest BCUT2D eigenvalue weighted by Crippen LogP contribution is 2.74. The number of ether oxygens (including phenoxy) is 3. The number of benzene rings is 1. The van der Waals surface area contributed by atoms with E-state index in [1.165, 1.54) is 12.5 Å². The van der Waals surface area contributed by atoms with Gasteiger partial charge in [-0.15, -0.1) is 0 Å². The van der Waals surface area contributed by atoms with Crippen molar-refractivity contribution in [3.05, 3.63) is 52.1 Å². The number of esters is 3. The standard InChI is InChI=1S/C46H68O8/c1-12-13-30-14-16-31(17-15-30)32(27(2)3)18-19-33(41(50)52-26-53-42(51)43(6,7)8)39-35-24-37(49)40-44(9)22-21-36(48)28(4)34(44)20-23-45(40,10)46(35,11)25-38(39)54-29(5)47/h14-17,28,34-38,40,48-49H,12-13,18-26H2,1-11H3/t28-,34?,35+,36+,37+,38-,40+,44-,45-,46-/m0/s1. The zero-order valence-corrected chi connectivity index (χ0v) is 35.0. The molecule has 54 heavy (non-hydrogen) atoms. The van der Waals surface area contributed by atoms with Gasteiger partial charge in [0.05, 0.1) is 17.6 Å². The fourth-order valence-corrected chi connectivity index (χ4v) is 11.8. The van der Waals surface area contributed by atoms with E-state index in [1.54, 1.807) is 20.8 Å². The predicted octanol–water partition coefficient (Wildman–Crippen LogP) is 9.15. The van der Waals surface area contributed by atoms with Crippen LogP contribution in [0.1, 0.15) is 145 Å². The highest BCUT2D eigenvalue weighted by molar-refractivity contribution is 5.90. The van der Waals surface area contributed by atoms with E-state index in [0.29, 0.717) is 37.2 Å². The second kappa shape index (κ2) is 15.9. The third-order valence-corrected chi connectivity index (χ3v) is 14.7.